The van der Waals surface area contributed by atoms with Crippen LogP contribution >= 0.6 is 23.1 Å². The molecule has 2 aromatic rings. The first-order valence-corrected chi connectivity index (χ1v) is 5.42. The second-order valence-electron chi connectivity index (χ2n) is 2.94. The van der Waals surface area contributed by atoms with Crippen LogP contribution in [0.4, 0.5) is 5.00 Å². The summed E-state index contributed by atoms with van der Waals surface area (Å²) in [6.07, 6.45) is 0. The number of halogens is 1. The molecule has 2 N–H and O–H groups in total. The first kappa shape index (κ1) is 10.3. The number of benzene rings is 1. The highest BCUT2D eigenvalue weighted by Crippen LogP contribution is 2.34. The van der Waals surface area contributed by atoms with E-state index < -0.39 is 0 Å². The van der Waals surface area contributed by atoms with Gasteiger partial charge in [-0.25, -0.2) is 0 Å². The first-order chi connectivity index (χ1) is 7.22. The van der Waals surface area contributed by atoms with Gasteiger partial charge in [-0.1, -0.05) is 11.6 Å². The van der Waals surface area contributed by atoms with Gasteiger partial charge >= 0.3 is 0 Å². The molecule has 0 unspecified atom stereocenters. The Morgan fingerprint density at radius 1 is 1.33 bits per heavy atom. The largest absolute Gasteiger partial charge is 0.497 e. The average Bonchev–Trinajstić information content (AvgIpc) is 2.60. The van der Waals surface area contributed by atoms with Crippen LogP contribution in [-0.4, -0.2) is 11.5 Å². The molecule has 0 bridgehead atoms. The minimum absolute atomic E-state index is 0.519. The van der Waals surface area contributed by atoms with Crippen molar-refractivity contribution in [3.05, 3.63) is 29.3 Å². The van der Waals surface area contributed by atoms with E-state index in [0.29, 0.717) is 10.0 Å². The number of nitrogens with zero attached hydrogens (tertiary/aromatic N) is 1. The molecule has 1 aromatic carbocycles. The summed E-state index contributed by atoms with van der Waals surface area (Å²) in [7, 11) is 1.63. The van der Waals surface area contributed by atoms with Gasteiger partial charge in [0.1, 0.15) is 21.5 Å². The van der Waals surface area contributed by atoms with Gasteiger partial charge in [-0.3, -0.25) is 0 Å². The molecule has 0 saturated heterocycles. The van der Waals surface area contributed by atoms with Crippen LogP contribution in [0.5, 0.6) is 5.75 Å². The monoisotopic (exact) mass is 240 g/mol. The molecule has 0 aliphatic heterocycles. The number of hydrogen-bond acceptors (Lipinski definition) is 4. The number of ether oxygens (including phenoxy) is 1. The molecule has 0 saturated carbocycles. The van der Waals surface area contributed by atoms with Gasteiger partial charge in [0.15, 0.2) is 0 Å². The molecule has 0 aliphatic rings. The molecule has 1 aromatic heterocycles. The van der Waals surface area contributed by atoms with Crippen LogP contribution in [0, 0.1) is 0 Å². The predicted molar refractivity (Wildman–Crippen MR) is 63.5 cm³/mol. The Labute approximate surface area is 96.6 Å². The Kier molecular flexibility index (Phi) is 2.79. The topological polar surface area (TPSA) is 48.1 Å². The van der Waals surface area contributed by atoms with E-state index in [2.05, 4.69) is 4.37 Å². The fraction of sp³-hybridized carbons (Fsp3) is 0.100. The van der Waals surface area contributed by atoms with E-state index in [9.17, 15) is 0 Å². The number of aromatic nitrogens is 1. The summed E-state index contributed by atoms with van der Waals surface area (Å²) in [6, 6.07) is 7.53. The lowest BCUT2D eigenvalue weighted by Crippen LogP contribution is -1.83. The molecule has 78 valence electrons. The van der Waals surface area contributed by atoms with Gasteiger partial charge < -0.3 is 10.5 Å². The lowest BCUT2D eigenvalue weighted by Gasteiger charge is -2.01. The zero-order chi connectivity index (χ0) is 10.8. The highest BCUT2D eigenvalue weighted by molar-refractivity contribution is 7.11. The molecule has 0 spiro atoms. The van der Waals surface area contributed by atoms with Gasteiger partial charge in [0.25, 0.3) is 0 Å². The maximum Gasteiger partial charge on any atom is 0.126 e. The number of rotatable bonds is 2. The molecule has 2 rings (SSSR count). The van der Waals surface area contributed by atoms with Crippen LogP contribution in [-0.2, 0) is 0 Å². The third kappa shape index (κ3) is 1.91. The predicted octanol–water partition coefficient (Wildman–Crippen LogP) is 3.05. The third-order valence-electron chi connectivity index (χ3n) is 2.02. The maximum atomic E-state index is 6.01. The second-order valence-corrected chi connectivity index (χ2v) is 4.12. The van der Waals surface area contributed by atoms with Crippen molar-refractivity contribution in [2.24, 2.45) is 0 Å². The number of methoxy groups -OCH3 is 1. The SMILES string of the molecule is COc1ccc(-c2nsc(N)c2Cl)cc1. The third-order valence-corrected chi connectivity index (χ3v) is 3.19. The molecule has 0 fully saturated rings. The highest BCUT2D eigenvalue weighted by Gasteiger charge is 2.10. The lowest BCUT2D eigenvalue weighted by molar-refractivity contribution is 0.415. The smallest absolute Gasteiger partial charge is 0.126 e. The summed E-state index contributed by atoms with van der Waals surface area (Å²) in [5.41, 5.74) is 7.30. The van der Waals surface area contributed by atoms with E-state index >= 15 is 0 Å². The Morgan fingerprint density at radius 2 is 2.00 bits per heavy atom. The van der Waals surface area contributed by atoms with Crippen LogP contribution in [0.3, 0.4) is 0 Å². The average molecular weight is 241 g/mol. The van der Waals surface area contributed by atoms with Crippen molar-refractivity contribution in [3.8, 4) is 17.0 Å². The molecule has 0 radical (unpaired) electrons. The zero-order valence-electron chi connectivity index (χ0n) is 8.03. The summed E-state index contributed by atoms with van der Waals surface area (Å²) in [5, 5.41) is 1.06. The summed E-state index contributed by atoms with van der Waals surface area (Å²) in [6.45, 7) is 0. The highest BCUT2D eigenvalue weighted by atomic mass is 35.5. The summed E-state index contributed by atoms with van der Waals surface area (Å²) in [5.74, 6) is 0.804. The van der Waals surface area contributed by atoms with Gasteiger partial charge in [-0.2, -0.15) is 4.37 Å². The van der Waals surface area contributed by atoms with Crippen molar-refractivity contribution in [3.63, 3.8) is 0 Å². The van der Waals surface area contributed by atoms with Crippen LogP contribution in [0.25, 0.3) is 11.3 Å². The van der Waals surface area contributed by atoms with Crippen molar-refractivity contribution < 1.29 is 4.74 Å². The van der Waals surface area contributed by atoms with E-state index in [4.69, 9.17) is 22.1 Å². The number of nitrogens with two attached hydrogens (primary N) is 1. The molecule has 3 nitrogen and oxygen atoms in total. The van der Waals surface area contributed by atoms with Crippen molar-refractivity contribution in [1.82, 2.24) is 4.37 Å². The fourth-order valence-corrected chi connectivity index (χ4v) is 2.09. The fourth-order valence-electron chi connectivity index (χ4n) is 1.22. The molecule has 0 amide bonds. The van der Waals surface area contributed by atoms with E-state index in [1.54, 1.807) is 7.11 Å². The van der Waals surface area contributed by atoms with Crippen LogP contribution in [0.15, 0.2) is 24.3 Å². The summed E-state index contributed by atoms with van der Waals surface area (Å²) >= 11 is 7.21. The standard InChI is InChI=1S/C10H9ClN2OS/c1-14-7-4-2-6(3-5-7)9-8(11)10(12)15-13-9/h2-5H,12H2,1H3. The molecule has 0 aliphatic carbocycles. The molecular formula is C10H9ClN2OS. The number of hydrogen-bond donors (Lipinski definition) is 1. The Morgan fingerprint density at radius 3 is 2.47 bits per heavy atom. The van der Waals surface area contributed by atoms with Crippen molar-refractivity contribution >= 4 is 28.1 Å². The normalized spacial score (nSPS) is 10.3. The Balaban J connectivity index is 2.41. The van der Waals surface area contributed by atoms with Crippen molar-refractivity contribution in [1.29, 1.82) is 0 Å². The zero-order valence-corrected chi connectivity index (χ0v) is 9.60. The van der Waals surface area contributed by atoms with Gasteiger partial charge in [0.2, 0.25) is 0 Å². The van der Waals surface area contributed by atoms with E-state index in [1.807, 2.05) is 24.3 Å². The van der Waals surface area contributed by atoms with E-state index in [-0.39, 0.29) is 0 Å². The minimum Gasteiger partial charge on any atom is -0.497 e. The van der Waals surface area contributed by atoms with Gasteiger partial charge in [0.05, 0.1) is 7.11 Å². The van der Waals surface area contributed by atoms with E-state index in [0.717, 1.165) is 17.0 Å². The number of anilines is 1. The summed E-state index contributed by atoms with van der Waals surface area (Å²) in [4.78, 5) is 0. The van der Waals surface area contributed by atoms with Crippen LogP contribution in [0.2, 0.25) is 5.02 Å². The van der Waals surface area contributed by atoms with Crippen LogP contribution < -0.4 is 10.5 Å². The molecule has 1 heterocycles. The Bertz CT molecular complexity index is 467. The van der Waals surface area contributed by atoms with Crippen molar-refractivity contribution in [2.45, 2.75) is 0 Å². The maximum absolute atomic E-state index is 6.01. The molecule has 5 heteroatoms. The molecule has 0 atom stereocenters. The van der Waals surface area contributed by atoms with Gasteiger partial charge in [-0.15, -0.1) is 0 Å². The molecular weight excluding hydrogens is 232 g/mol. The summed E-state index contributed by atoms with van der Waals surface area (Å²) < 4.78 is 9.25. The second kappa shape index (κ2) is 4.08. The van der Waals surface area contributed by atoms with Crippen molar-refractivity contribution in [2.75, 3.05) is 12.8 Å². The number of nitrogen functional groups attached to an aromatic ring is 1. The lowest BCUT2D eigenvalue weighted by atomic mass is 10.1. The van der Waals surface area contributed by atoms with E-state index in [1.165, 1.54) is 11.5 Å². The molecule has 15 heavy (non-hydrogen) atoms. The quantitative estimate of drug-likeness (QED) is 0.878. The van der Waals surface area contributed by atoms with Gasteiger partial charge in [0, 0.05) is 5.56 Å². The first-order valence-electron chi connectivity index (χ1n) is 4.27. The Hall–Kier alpha value is -1.26. The van der Waals surface area contributed by atoms with Crippen LogP contribution in [0.1, 0.15) is 0 Å². The minimum atomic E-state index is 0.519. The van der Waals surface area contributed by atoms with Gasteiger partial charge in [-0.05, 0) is 35.8 Å².